The van der Waals surface area contributed by atoms with Crippen LogP contribution >= 0.6 is 7.92 Å². The average Bonchev–Trinajstić information content (AvgIpc) is 2.83. The van der Waals surface area contributed by atoms with Crippen molar-refractivity contribution in [3.8, 4) is 0 Å². The molecule has 0 aromatic heterocycles. The van der Waals surface area contributed by atoms with Gasteiger partial charge in [-0.1, -0.05) is 121 Å². The van der Waals surface area contributed by atoms with Crippen LogP contribution in [0, 0.1) is 0 Å². The Labute approximate surface area is 193 Å². The van der Waals surface area contributed by atoms with Gasteiger partial charge in [-0.2, -0.15) is 0 Å². The van der Waals surface area contributed by atoms with E-state index in [1.807, 2.05) is 0 Å². The van der Waals surface area contributed by atoms with Crippen molar-refractivity contribution < 1.29 is 23.0 Å². The summed E-state index contributed by atoms with van der Waals surface area (Å²) in [7, 11) is -6.62. The first kappa shape index (κ1) is 24.7. The molecule has 0 radical (unpaired) electrons. The lowest BCUT2D eigenvalue weighted by molar-refractivity contribution is -0.427. The molecule has 0 unspecified atom stereocenters. The monoisotopic (exact) mass is 469 g/mol. The van der Waals surface area contributed by atoms with Crippen molar-refractivity contribution in [2.24, 2.45) is 0 Å². The van der Waals surface area contributed by atoms with Gasteiger partial charge in [0.05, 0.1) is 5.66 Å². The molecular formula is C26H25BF4NP. The second-order valence-corrected chi connectivity index (χ2v) is 9.74. The van der Waals surface area contributed by atoms with Gasteiger partial charge in [-0.05, 0) is 24.1 Å². The molecule has 0 fully saturated rings. The van der Waals surface area contributed by atoms with Crippen LogP contribution in [0.2, 0.25) is 0 Å². The van der Waals surface area contributed by atoms with E-state index in [-0.39, 0.29) is 6.04 Å². The van der Waals surface area contributed by atoms with E-state index in [0.717, 1.165) is 0 Å². The molecule has 0 aliphatic rings. The third-order valence-electron chi connectivity index (χ3n) is 5.10. The first-order valence-electron chi connectivity index (χ1n) is 10.5. The Morgan fingerprint density at radius 3 is 1.18 bits per heavy atom. The lowest BCUT2D eigenvalue weighted by Gasteiger charge is -2.31. The van der Waals surface area contributed by atoms with E-state index >= 15 is 0 Å². The highest BCUT2D eigenvalue weighted by Gasteiger charge is 2.34. The second-order valence-electron chi connectivity index (χ2n) is 7.41. The molecule has 170 valence electrons. The van der Waals surface area contributed by atoms with Crippen LogP contribution in [0.4, 0.5) is 17.3 Å². The maximum Gasteiger partial charge on any atom is 0.673 e. The van der Waals surface area contributed by atoms with Gasteiger partial charge < -0.3 is 23.0 Å². The predicted molar refractivity (Wildman–Crippen MR) is 131 cm³/mol. The topological polar surface area (TPSA) is 27.6 Å². The molecule has 0 saturated heterocycles. The minimum atomic E-state index is -6.00. The SMILES string of the molecule is F[B-](F)(F)F.[NH3+][C@H](c1ccccc1)[C@H](c1ccccc1)P(c1ccccc1)c1ccccc1. The molecule has 0 aliphatic carbocycles. The van der Waals surface area contributed by atoms with Gasteiger partial charge in [0.2, 0.25) is 0 Å². The Morgan fingerprint density at radius 2 is 0.818 bits per heavy atom. The zero-order valence-corrected chi connectivity index (χ0v) is 18.8. The number of benzene rings is 4. The van der Waals surface area contributed by atoms with E-state index in [0.29, 0.717) is 5.66 Å². The molecule has 33 heavy (non-hydrogen) atoms. The third kappa shape index (κ3) is 7.56. The molecule has 4 aromatic rings. The second kappa shape index (κ2) is 11.8. The van der Waals surface area contributed by atoms with Gasteiger partial charge in [0.25, 0.3) is 0 Å². The maximum absolute atomic E-state index is 9.75. The highest BCUT2D eigenvalue weighted by Crippen LogP contribution is 2.54. The third-order valence-corrected chi connectivity index (χ3v) is 8.02. The molecule has 0 heterocycles. The van der Waals surface area contributed by atoms with E-state index in [9.17, 15) is 17.3 Å². The summed E-state index contributed by atoms with van der Waals surface area (Å²) in [5.41, 5.74) is 7.61. The summed E-state index contributed by atoms with van der Waals surface area (Å²) in [5.74, 6) is 0. The Morgan fingerprint density at radius 1 is 0.515 bits per heavy atom. The largest absolute Gasteiger partial charge is 0.673 e. The predicted octanol–water partition coefficient (Wildman–Crippen LogP) is 6.14. The van der Waals surface area contributed by atoms with Crippen LogP contribution in [0.5, 0.6) is 0 Å². The van der Waals surface area contributed by atoms with Crippen molar-refractivity contribution in [1.82, 2.24) is 0 Å². The van der Waals surface area contributed by atoms with Crippen LogP contribution in [0.1, 0.15) is 22.8 Å². The van der Waals surface area contributed by atoms with Crippen molar-refractivity contribution >= 4 is 25.8 Å². The average molecular weight is 469 g/mol. The molecule has 0 bridgehead atoms. The maximum atomic E-state index is 9.75. The standard InChI is InChI=1S/C26H24NP.BF4/c27-25(21-13-5-1-6-14-21)26(22-15-7-2-8-16-22)28(23-17-9-3-10-18-23)24-19-11-4-12-20-24;2-1(3,4)5/h1-20,25-26H,27H2;/q;-1/p+1/t25-,26+;/m1./s1. The summed E-state index contributed by atoms with van der Waals surface area (Å²) in [4.78, 5) is 0. The fourth-order valence-electron chi connectivity index (χ4n) is 3.74. The van der Waals surface area contributed by atoms with Crippen molar-refractivity contribution in [2.45, 2.75) is 11.7 Å². The van der Waals surface area contributed by atoms with Crippen LogP contribution < -0.4 is 16.3 Å². The fourth-order valence-corrected chi connectivity index (χ4v) is 6.67. The minimum absolute atomic E-state index is 0.162. The minimum Gasteiger partial charge on any atom is -0.418 e. The molecule has 1 nitrogen and oxygen atoms in total. The molecule has 0 aliphatic heterocycles. The smallest absolute Gasteiger partial charge is 0.418 e. The van der Waals surface area contributed by atoms with E-state index < -0.39 is 15.2 Å². The number of hydrogen-bond donors (Lipinski definition) is 1. The van der Waals surface area contributed by atoms with Gasteiger partial charge in [0.15, 0.2) is 0 Å². The highest BCUT2D eigenvalue weighted by atomic mass is 31.1. The molecule has 4 aromatic carbocycles. The van der Waals surface area contributed by atoms with Crippen LogP contribution in [0.25, 0.3) is 0 Å². The van der Waals surface area contributed by atoms with E-state index in [1.54, 1.807) is 0 Å². The Bertz CT molecular complexity index is 1040. The Balaban J connectivity index is 0.000000555. The van der Waals surface area contributed by atoms with Gasteiger partial charge >= 0.3 is 7.25 Å². The van der Waals surface area contributed by atoms with Crippen molar-refractivity contribution in [3.05, 3.63) is 132 Å². The first-order valence-corrected chi connectivity index (χ1v) is 12.0. The number of halogens is 4. The van der Waals surface area contributed by atoms with Gasteiger partial charge in [-0.3, -0.25) is 0 Å². The highest BCUT2D eigenvalue weighted by molar-refractivity contribution is 7.73. The molecule has 4 rings (SSSR count). The normalized spacial score (nSPS) is 13.0. The lowest BCUT2D eigenvalue weighted by atomic mass is 9.99. The van der Waals surface area contributed by atoms with Gasteiger partial charge in [0.1, 0.15) is 6.04 Å². The number of quaternary nitrogens is 1. The van der Waals surface area contributed by atoms with Crippen molar-refractivity contribution in [1.29, 1.82) is 0 Å². The molecule has 0 amide bonds. The van der Waals surface area contributed by atoms with E-state index in [4.69, 9.17) is 0 Å². The zero-order chi connectivity index (χ0) is 23.7. The van der Waals surface area contributed by atoms with Gasteiger partial charge in [0, 0.05) is 5.56 Å². The summed E-state index contributed by atoms with van der Waals surface area (Å²) in [6, 6.07) is 43.6. The summed E-state index contributed by atoms with van der Waals surface area (Å²) in [6.45, 7) is 0. The Hall–Kier alpha value is -2.95. The molecule has 3 N–H and O–H groups in total. The fraction of sp³-hybridized carbons (Fsp3) is 0.0769. The lowest BCUT2D eigenvalue weighted by Crippen LogP contribution is -2.56. The summed E-state index contributed by atoms with van der Waals surface area (Å²) < 4.78 is 39.0. The van der Waals surface area contributed by atoms with Crippen LogP contribution in [-0.2, 0) is 0 Å². The van der Waals surface area contributed by atoms with Crippen molar-refractivity contribution in [2.75, 3.05) is 0 Å². The molecular weight excluding hydrogens is 444 g/mol. The molecule has 2 atom stereocenters. The van der Waals surface area contributed by atoms with Crippen LogP contribution in [0.3, 0.4) is 0 Å². The van der Waals surface area contributed by atoms with Gasteiger partial charge in [-0.15, -0.1) is 0 Å². The summed E-state index contributed by atoms with van der Waals surface area (Å²) in [6.07, 6.45) is 0. The quantitative estimate of drug-likeness (QED) is 0.200. The van der Waals surface area contributed by atoms with Crippen LogP contribution in [-0.4, -0.2) is 7.25 Å². The number of rotatable bonds is 6. The number of hydrogen-bond acceptors (Lipinski definition) is 0. The van der Waals surface area contributed by atoms with Crippen molar-refractivity contribution in [3.63, 3.8) is 0 Å². The summed E-state index contributed by atoms with van der Waals surface area (Å²) >= 11 is 0. The van der Waals surface area contributed by atoms with Crippen LogP contribution in [0.15, 0.2) is 121 Å². The van der Waals surface area contributed by atoms with Gasteiger partial charge in [-0.25, -0.2) is 0 Å². The Kier molecular flexibility index (Phi) is 8.82. The van der Waals surface area contributed by atoms with E-state index in [1.165, 1.54) is 21.7 Å². The molecule has 0 spiro atoms. The molecule has 0 saturated carbocycles. The van der Waals surface area contributed by atoms with E-state index in [2.05, 4.69) is 127 Å². The summed E-state index contributed by atoms with van der Waals surface area (Å²) in [5, 5.41) is 2.78. The first-order chi connectivity index (χ1) is 15.8. The molecule has 7 heteroatoms. The zero-order valence-electron chi connectivity index (χ0n) is 17.9.